The quantitative estimate of drug-likeness (QED) is 0.902. The molecule has 0 aromatic heterocycles. The van der Waals surface area contributed by atoms with Crippen molar-refractivity contribution in [1.29, 1.82) is 0 Å². The van der Waals surface area contributed by atoms with Crippen molar-refractivity contribution in [3.05, 3.63) is 30.1 Å². The van der Waals surface area contributed by atoms with Crippen LogP contribution in [0.4, 0.5) is 14.9 Å². The number of rotatable bonds is 3. The smallest absolute Gasteiger partial charge is 0.406 e. The first-order valence-electron chi connectivity index (χ1n) is 5.98. The average molecular weight is 266 g/mol. The third-order valence-electron chi connectivity index (χ3n) is 3.06. The molecule has 1 aromatic carbocycles. The van der Waals surface area contributed by atoms with Crippen LogP contribution in [-0.4, -0.2) is 32.2 Å². The maximum Gasteiger partial charge on any atom is 0.406 e. The molecule has 19 heavy (non-hydrogen) atoms. The summed E-state index contributed by atoms with van der Waals surface area (Å²) in [5.41, 5.74) is 0.673. The fourth-order valence-electron chi connectivity index (χ4n) is 2.09. The van der Waals surface area contributed by atoms with Crippen LogP contribution in [0.25, 0.3) is 0 Å². The summed E-state index contributed by atoms with van der Waals surface area (Å²) in [4.78, 5) is 24.4. The molecule has 0 saturated carbocycles. The zero-order valence-corrected chi connectivity index (χ0v) is 10.6. The highest BCUT2D eigenvalue weighted by atomic mass is 19.1. The van der Waals surface area contributed by atoms with E-state index in [4.69, 9.17) is 0 Å². The summed E-state index contributed by atoms with van der Waals surface area (Å²) in [5.74, 6) is -0.320. The number of ether oxygens (including phenoxy) is 1. The zero-order valence-electron chi connectivity index (χ0n) is 10.6. The van der Waals surface area contributed by atoms with E-state index < -0.39 is 6.09 Å². The lowest BCUT2D eigenvalue weighted by atomic mass is 10.1. The van der Waals surface area contributed by atoms with Crippen molar-refractivity contribution in [2.75, 3.05) is 25.1 Å². The van der Waals surface area contributed by atoms with Gasteiger partial charge in [0.15, 0.2) is 0 Å². The van der Waals surface area contributed by atoms with E-state index >= 15 is 0 Å². The van der Waals surface area contributed by atoms with Gasteiger partial charge in [-0.2, -0.15) is 0 Å². The molecule has 0 unspecified atom stereocenters. The Morgan fingerprint density at radius 3 is 2.79 bits per heavy atom. The van der Waals surface area contributed by atoms with Gasteiger partial charge in [-0.25, -0.2) is 9.18 Å². The third-order valence-corrected chi connectivity index (χ3v) is 3.06. The van der Waals surface area contributed by atoms with Crippen LogP contribution < -0.4 is 10.2 Å². The van der Waals surface area contributed by atoms with Crippen molar-refractivity contribution in [3.63, 3.8) is 0 Å². The van der Waals surface area contributed by atoms with Gasteiger partial charge in [-0.05, 0) is 24.3 Å². The van der Waals surface area contributed by atoms with Gasteiger partial charge >= 0.3 is 6.09 Å². The Bertz CT molecular complexity index is 475. The van der Waals surface area contributed by atoms with Gasteiger partial charge in [0.25, 0.3) is 0 Å². The Labute approximate surface area is 110 Å². The Kier molecular flexibility index (Phi) is 3.99. The first-order valence-corrected chi connectivity index (χ1v) is 5.98. The zero-order chi connectivity index (χ0) is 13.8. The molecule has 0 bridgehead atoms. The van der Waals surface area contributed by atoms with Gasteiger partial charge in [-0.1, -0.05) is 0 Å². The van der Waals surface area contributed by atoms with E-state index in [2.05, 4.69) is 10.1 Å². The number of nitrogens with zero attached hydrogens (tertiary/aromatic N) is 1. The van der Waals surface area contributed by atoms with E-state index in [1.165, 1.54) is 19.2 Å². The Morgan fingerprint density at radius 2 is 2.16 bits per heavy atom. The predicted molar refractivity (Wildman–Crippen MR) is 67.3 cm³/mol. The molecule has 5 nitrogen and oxygen atoms in total. The van der Waals surface area contributed by atoms with Crippen LogP contribution >= 0.6 is 0 Å². The highest BCUT2D eigenvalue weighted by Gasteiger charge is 2.30. The first kappa shape index (κ1) is 13.3. The lowest BCUT2D eigenvalue weighted by Crippen LogP contribution is -2.31. The van der Waals surface area contributed by atoms with Crippen LogP contribution in [0.1, 0.15) is 6.42 Å². The second kappa shape index (κ2) is 5.69. The SMILES string of the molecule is COC(=O)NC[C@@H]1CC(=O)N(c2ccc(F)cc2)C1. The van der Waals surface area contributed by atoms with E-state index in [1.807, 2.05) is 0 Å². The van der Waals surface area contributed by atoms with Gasteiger partial charge in [-0.3, -0.25) is 4.79 Å². The molecule has 1 aromatic rings. The van der Waals surface area contributed by atoms with Crippen LogP contribution in [0.3, 0.4) is 0 Å². The average Bonchev–Trinajstić information content (AvgIpc) is 2.78. The topological polar surface area (TPSA) is 58.6 Å². The highest BCUT2D eigenvalue weighted by Crippen LogP contribution is 2.24. The van der Waals surface area contributed by atoms with E-state index in [9.17, 15) is 14.0 Å². The van der Waals surface area contributed by atoms with Gasteiger partial charge in [0.05, 0.1) is 7.11 Å². The molecule has 1 aliphatic rings. The number of carbonyl (C=O) groups is 2. The third kappa shape index (κ3) is 3.21. The van der Waals surface area contributed by atoms with Crippen molar-refractivity contribution in [3.8, 4) is 0 Å². The molecule has 0 aliphatic carbocycles. The van der Waals surface area contributed by atoms with Gasteiger partial charge in [0, 0.05) is 31.1 Å². The summed E-state index contributed by atoms with van der Waals surface area (Å²) < 4.78 is 17.3. The molecule has 1 atom stereocenters. The molecule has 1 N–H and O–H groups in total. The van der Waals surface area contributed by atoms with Crippen LogP contribution in [0, 0.1) is 11.7 Å². The minimum Gasteiger partial charge on any atom is -0.453 e. The van der Waals surface area contributed by atoms with Gasteiger partial charge in [-0.15, -0.1) is 0 Å². The monoisotopic (exact) mass is 266 g/mol. The summed E-state index contributed by atoms with van der Waals surface area (Å²) in [6.07, 6.45) is -0.144. The number of nitrogens with one attached hydrogen (secondary N) is 1. The van der Waals surface area contributed by atoms with E-state index in [1.54, 1.807) is 17.0 Å². The molecule has 102 valence electrons. The van der Waals surface area contributed by atoms with Crippen molar-refractivity contribution in [2.24, 2.45) is 5.92 Å². The molecule has 6 heteroatoms. The van der Waals surface area contributed by atoms with Crippen LogP contribution in [0.5, 0.6) is 0 Å². The maximum atomic E-state index is 12.8. The van der Waals surface area contributed by atoms with E-state index in [-0.39, 0.29) is 17.6 Å². The summed E-state index contributed by atoms with van der Waals surface area (Å²) in [6, 6.07) is 5.79. The van der Waals surface area contributed by atoms with Crippen LogP contribution in [0.2, 0.25) is 0 Å². The Morgan fingerprint density at radius 1 is 1.47 bits per heavy atom. The number of halogens is 1. The molecule has 0 radical (unpaired) electrons. The van der Waals surface area contributed by atoms with Crippen molar-refractivity contribution in [2.45, 2.75) is 6.42 Å². The normalized spacial score (nSPS) is 18.5. The first-order chi connectivity index (χ1) is 9.10. The fourth-order valence-corrected chi connectivity index (χ4v) is 2.09. The Balaban J connectivity index is 1.96. The largest absolute Gasteiger partial charge is 0.453 e. The minimum atomic E-state index is -0.507. The summed E-state index contributed by atoms with van der Waals surface area (Å²) in [5, 5.41) is 2.58. The number of hydrogen-bond donors (Lipinski definition) is 1. The van der Waals surface area contributed by atoms with Gasteiger partial charge < -0.3 is 15.0 Å². The number of amides is 2. The highest BCUT2D eigenvalue weighted by molar-refractivity contribution is 5.95. The lowest BCUT2D eigenvalue weighted by molar-refractivity contribution is -0.117. The van der Waals surface area contributed by atoms with E-state index in [0.717, 1.165) is 0 Å². The molecular formula is C13H15FN2O3. The number of carbonyl (C=O) groups excluding carboxylic acids is 2. The second-order valence-electron chi connectivity index (χ2n) is 4.42. The summed E-state index contributed by atoms with van der Waals surface area (Å²) in [6.45, 7) is 0.893. The van der Waals surface area contributed by atoms with Crippen molar-refractivity contribution < 1.29 is 18.7 Å². The number of methoxy groups -OCH3 is 1. The molecular weight excluding hydrogens is 251 g/mol. The molecule has 1 heterocycles. The second-order valence-corrected chi connectivity index (χ2v) is 4.42. The van der Waals surface area contributed by atoms with Crippen molar-refractivity contribution >= 4 is 17.7 Å². The fraction of sp³-hybridized carbons (Fsp3) is 0.385. The van der Waals surface area contributed by atoms with E-state index in [0.29, 0.717) is 25.2 Å². The van der Waals surface area contributed by atoms with Crippen LogP contribution in [0.15, 0.2) is 24.3 Å². The molecule has 0 spiro atoms. The molecule has 1 saturated heterocycles. The number of benzene rings is 1. The van der Waals surface area contributed by atoms with Crippen LogP contribution in [-0.2, 0) is 9.53 Å². The molecule has 2 amide bonds. The molecule has 1 fully saturated rings. The number of alkyl carbamates (subject to hydrolysis) is 1. The summed E-state index contributed by atoms with van der Waals surface area (Å²) >= 11 is 0. The predicted octanol–water partition coefficient (Wildman–Crippen LogP) is 1.53. The minimum absolute atomic E-state index is 0.0247. The standard InChI is InChI=1S/C13H15FN2O3/c1-19-13(18)15-7-9-6-12(17)16(8-9)11-4-2-10(14)3-5-11/h2-5,9H,6-8H2,1H3,(H,15,18)/t9-/m0/s1. The van der Waals surface area contributed by atoms with Gasteiger partial charge in [0.2, 0.25) is 5.91 Å². The summed E-state index contributed by atoms with van der Waals surface area (Å²) in [7, 11) is 1.29. The molecule has 1 aliphatic heterocycles. The lowest BCUT2D eigenvalue weighted by Gasteiger charge is -2.16. The molecule has 2 rings (SSSR count). The van der Waals surface area contributed by atoms with Gasteiger partial charge in [0.1, 0.15) is 5.82 Å². The maximum absolute atomic E-state index is 12.8. The van der Waals surface area contributed by atoms with Crippen molar-refractivity contribution in [1.82, 2.24) is 5.32 Å². The number of hydrogen-bond acceptors (Lipinski definition) is 3. The Hall–Kier alpha value is -2.11. The number of anilines is 1.